The van der Waals surface area contributed by atoms with Crippen LogP contribution in [0.25, 0.3) is 0 Å². The summed E-state index contributed by atoms with van der Waals surface area (Å²) >= 11 is 1.59. The van der Waals surface area contributed by atoms with E-state index in [1.54, 1.807) is 28.2 Å². The highest BCUT2D eigenvalue weighted by Crippen LogP contribution is 2.33. The van der Waals surface area contributed by atoms with E-state index in [-0.39, 0.29) is 12.5 Å². The Labute approximate surface area is 116 Å². The predicted octanol–water partition coefficient (Wildman–Crippen LogP) is 1.21. The van der Waals surface area contributed by atoms with Gasteiger partial charge in [-0.3, -0.25) is 14.5 Å². The molecule has 104 valence electrons. The van der Waals surface area contributed by atoms with Crippen LogP contribution >= 0.6 is 11.3 Å². The minimum absolute atomic E-state index is 0.0348. The Hall–Kier alpha value is -1.40. The molecule has 0 aliphatic carbocycles. The third kappa shape index (κ3) is 2.79. The summed E-state index contributed by atoms with van der Waals surface area (Å²) in [7, 11) is 1.73. The lowest BCUT2D eigenvalue weighted by atomic mass is 10.00. The van der Waals surface area contributed by atoms with Gasteiger partial charge in [0.2, 0.25) is 5.91 Å². The number of likely N-dealkylation sites (N-methyl/N-ethyl adjacent to an activating group) is 1. The van der Waals surface area contributed by atoms with Crippen LogP contribution in [-0.4, -0.2) is 53.5 Å². The monoisotopic (exact) mass is 282 g/mol. The highest BCUT2D eigenvalue weighted by atomic mass is 32.1. The van der Waals surface area contributed by atoms with Crippen LogP contribution in [0.2, 0.25) is 0 Å². The van der Waals surface area contributed by atoms with Crippen LogP contribution in [0.5, 0.6) is 0 Å². The lowest BCUT2D eigenvalue weighted by Crippen LogP contribution is -2.45. The summed E-state index contributed by atoms with van der Waals surface area (Å²) in [6, 6.07) is 1.17. The van der Waals surface area contributed by atoms with E-state index in [1.165, 1.54) is 0 Å². The third-order valence-electron chi connectivity index (χ3n) is 3.54. The van der Waals surface area contributed by atoms with Gasteiger partial charge in [0.15, 0.2) is 0 Å². The number of carboxylic acids is 1. The molecule has 1 N–H and O–H groups in total. The highest BCUT2D eigenvalue weighted by Gasteiger charge is 2.34. The van der Waals surface area contributed by atoms with Crippen LogP contribution in [0.4, 0.5) is 0 Å². The Balaban J connectivity index is 2.18. The quantitative estimate of drug-likeness (QED) is 0.902. The topological polar surface area (TPSA) is 60.9 Å². The molecular formula is C13H18N2O3S. The molecule has 5 nitrogen and oxygen atoms in total. The van der Waals surface area contributed by atoms with E-state index in [1.807, 2.05) is 18.4 Å². The van der Waals surface area contributed by atoms with E-state index in [4.69, 9.17) is 0 Å². The van der Waals surface area contributed by atoms with Crippen molar-refractivity contribution in [2.75, 3.05) is 26.7 Å². The summed E-state index contributed by atoms with van der Waals surface area (Å²) in [5, 5.41) is 11.3. The van der Waals surface area contributed by atoms with E-state index in [0.29, 0.717) is 13.1 Å². The largest absolute Gasteiger partial charge is 0.480 e. The summed E-state index contributed by atoms with van der Waals surface area (Å²) in [4.78, 5) is 27.9. The van der Waals surface area contributed by atoms with Crippen molar-refractivity contribution in [3.05, 3.63) is 21.9 Å². The molecule has 0 aromatic carbocycles. The van der Waals surface area contributed by atoms with Gasteiger partial charge in [-0.05, 0) is 30.4 Å². The van der Waals surface area contributed by atoms with Gasteiger partial charge in [-0.2, -0.15) is 0 Å². The fraction of sp³-hybridized carbons (Fsp3) is 0.538. The maximum Gasteiger partial charge on any atom is 0.325 e. The van der Waals surface area contributed by atoms with Crippen molar-refractivity contribution in [3.8, 4) is 0 Å². The van der Waals surface area contributed by atoms with Gasteiger partial charge in [-0.25, -0.2) is 0 Å². The second kappa shape index (κ2) is 5.71. The SMILES string of the molecule is CCN(C)C(=O)CN1CCc2sccc2C1C(=O)O. The van der Waals surface area contributed by atoms with Gasteiger partial charge in [0, 0.05) is 25.0 Å². The molecule has 2 rings (SSSR count). The van der Waals surface area contributed by atoms with Crippen LogP contribution in [0.15, 0.2) is 11.4 Å². The Morgan fingerprint density at radius 1 is 1.58 bits per heavy atom. The normalized spacial score (nSPS) is 18.9. The fourth-order valence-corrected chi connectivity index (χ4v) is 3.20. The number of thiophene rings is 1. The predicted molar refractivity (Wildman–Crippen MR) is 73.3 cm³/mol. The Morgan fingerprint density at radius 3 is 2.95 bits per heavy atom. The Bertz CT molecular complexity index is 486. The third-order valence-corrected chi connectivity index (χ3v) is 4.53. The number of rotatable bonds is 4. The Morgan fingerprint density at radius 2 is 2.32 bits per heavy atom. The first-order valence-corrected chi connectivity index (χ1v) is 7.19. The van der Waals surface area contributed by atoms with Crippen molar-refractivity contribution in [3.63, 3.8) is 0 Å². The highest BCUT2D eigenvalue weighted by molar-refractivity contribution is 7.10. The van der Waals surface area contributed by atoms with Crippen LogP contribution in [0.3, 0.4) is 0 Å². The molecule has 0 spiro atoms. The molecule has 6 heteroatoms. The number of amides is 1. The summed E-state index contributed by atoms with van der Waals surface area (Å²) in [5.41, 5.74) is 0.843. The zero-order valence-corrected chi connectivity index (χ0v) is 11.9. The molecule has 0 saturated heterocycles. The van der Waals surface area contributed by atoms with E-state index < -0.39 is 12.0 Å². The van der Waals surface area contributed by atoms with Crippen LogP contribution in [0.1, 0.15) is 23.4 Å². The number of nitrogens with zero attached hydrogens (tertiary/aromatic N) is 2. The summed E-state index contributed by atoms with van der Waals surface area (Å²) in [6.45, 7) is 3.32. The van der Waals surface area contributed by atoms with Crippen LogP contribution in [0, 0.1) is 0 Å². The van der Waals surface area contributed by atoms with Gasteiger partial charge in [-0.15, -0.1) is 11.3 Å². The molecule has 2 heterocycles. The maximum absolute atomic E-state index is 12.0. The zero-order valence-electron chi connectivity index (χ0n) is 11.1. The van der Waals surface area contributed by atoms with Gasteiger partial charge in [0.25, 0.3) is 0 Å². The number of carbonyl (C=O) groups excluding carboxylic acids is 1. The number of hydrogen-bond acceptors (Lipinski definition) is 4. The van der Waals surface area contributed by atoms with Crippen LogP contribution < -0.4 is 0 Å². The van der Waals surface area contributed by atoms with Crippen molar-refractivity contribution < 1.29 is 14.7 Å². The number of aliphatic carboxylic acids is 1. The number of carbonyl (C=O) groups is 2. The number of carboxylic acid groups (broad SMARTS) is 1. The van der Waals surface area contributed by atoms with E-state index in [2.05, 4.69) is 0 Å². The van der Waals surface area contributed by atoms with Gasteiger partial charge >= 0.3 is 5.97 Å². The van der Waals surface area contributed by atoms with Crippen molar-refractivity contribution in [2.45, 2.75) is 19.4 Å². The van der Waals surface area contributed by atoms with Gasteiger partial charge < -0.3 is 10.0 Å². The molecular weight excluding hydrogens is 264 g/mol. The second-order valence-corrected chi connectivity index (χ2v) is 5.67. The Kier molecular flexibility index (Phi) is 4.21. The fourth-order valence-electron chi connectivity index (χ4n) is 2.30. The molecule has 1 aliphatic rings. The number of hydrogen-bond donors (Lipinski definition) is 1. The average molecular weight is 282 g/mol. The molecule has 0 radical (unpaired) electrons. The molecule has 1 aromatic heterocycles. The average Bonchev–Trinajstić information content (AvgIpc) is 2.84. The van der Waals surface area contributed by atoms with E-state index in [0.717, 1.165) is 16.9 Å². The van der Waals surface area contributed by atoms with Crippen molar-refractivity contribution in [2.24, 2.45) is 0 Å². The van der Waals surface area contributed by atoms with Gasteiger partial charge in [0.1, 0.15) is 6.04 Å². The maximum atomic E-state index is 12.0. The molecule has 1 amide bonds. The molecule has 0 saturated carbocycles. The minimum atomic E-state index is -0.883. The van der Waals surface area contributed by atoms with Gasteiger partial charge in [-0.1, -0.05) is 0 Å². The first-order valence-electron chi connectivity index (χ1n) is 6.31. The first-order chi connectivity index (χ1) is 9.04. The molecule has 0 fully saturated rings. The lowest BCUT2D eigenvalue weighted by molar-refractivity contribution is -0.145. The minimum Gasteiger partial charge on any atom is -0.480 e. The number of fused-ring (bicyclic) bond motifs is 1. The van der Waals surface area contributed by atoms with Crippen molar-refractivity contribution >= 4 is 23.2 Å². The summed E-state index contributed by atoms with van der Waals surface area (Å²) in [5.74, 6) is -0.918. The standard InChI is InChI=1S/C13H18N2O3S/c1-3-14(2)11(16)8-15-6-4-10-9(5-7-19-10)12(15)13(17)18/h5,7,12H,3-4,6,8H2,1-2H3,(H,17,18). The lowest BCUT2D eigenvalue weighted by Gasteiger charge is -2.33. The zero-order chi connectivity index (χ0) is 14.0. The molecule has 1 unspecified atom stereocenters. The second-order valence-electron chi connectivity index (χ2n) is 4.67. The van der Waals surface area contributed by atoms with Crippen molar-refractivity contribution in [1.29, 1.82) is 0 Å². The molecule has 19 heavy (non-hydrogen) atoms. The van der Waals surface area contributed by atoms with Gasteiger partial charge in [0.05, 0.1) is 6.54 Å². The van der Waals surface area contributed by atoms with Crippen LogP contribution in [-0.2, 0) is 16.0 Å². The molecule has 1 aliphatic heterocycles. The van der Waals surface area contributed by atoms with Crippen molar-refractivity contribution in [1.82, 2.24) is 9.80 Å². The van der Waals surface area contributed by atoms with E-state index >= 15 is 0 Å². The molecule has 1 aromatic rings. The summed E-state index contributed by atoms with van der Waals surface area (Å²) in [6.07, 6.45) is 0.819. The molecule has 1 atom stereocenters. The smallest absolute Gasteiger partial charge is 0.325 e. The summed E-state index contributed by atoms with van der Waals surface area (Å²) < 4.78 is 0. The first kappa shape index (κ1) is 14.0. The van der Waals surface area contributed by atoms with E-state index in [9.17, 15) is 14.7 Å². The molecule has 0 bridgehead atoms.